The number of ether oxygens (including phenoxy) is 1. The third-order valence-electron chi connectivity index (χ3n) is 7.20. The van der Waals surface area contributed by atoms with Crippen LogP contribution in [0.3, 0.4) is 0 Å². The molecule has 190 valence electrons. The Kier molecular flexibility index (Phi) is 6.11. The van der Waals surface area contributed by atoms with Gasteiger partial charge in [-0.15, -0.1) is 5.10 Å². The molecule has 2 unspecified atom stereocenters. The maximum atomic E-state index is 13.3. The lowest BCUT2D eigenvalue weighted by atomic mass is 9.92. The fraction of sp³-hybridized carbons (Fsp3) is 0.520. The average Bonchev–Trinajstić information content (AvgIpc) is 3.44. The second-order valence-electron chi connectivity index (χ2n) is 10.1. The minimum Gasteiger partial charge on any atom is -0.375 e. The van der Waals surface area contributed by atoms with Crippen LogP contribution in [0.5, 0.6) is 0 Å². The van der Waals surface area contributed by atoms with E-state index in [4.69, 9.17) is 4.74 Å². The highest BCUT2D eigenvalue weighted by Gasteiger charge is 2.39. The van der Waals surface area contributed by atoms with Crippen LogP contribution >= 0.6 is 0 Å². The topological polar surface area (TPSA) is 127 Å². The van der Waals surface area contributed by atoms with Gasteiger partial charge in [0.2, 0.25) is 11.8 Å². The summed E-state index contributed by atoms with van der Waals surface area (Å²) in [6.45, 7) is 7.46. The third-order valence-corrected chi connectivity index (χ3v) is 7.20. The first-order valence-electron chi connectivity index (χ1n) is 12.3. The van der Waals surface area contributed by atoms with Crippen molar-refractivity contribution in [3.8, 4) is 5.69 Å². The minimum absolute atomic E-state index is 0.0701. The molecule has 0 spiro atoms. The van der Waals surface area contributed by atoms with Gasteiger partial charge in [-0.2, -0.15) is 0 Å². The number of piperidine rings is 1. The summed E-state index contributed by atoms with van der Waals surface area (Å²) in [4.78, 5) is 53.3. The van der Waals surface area contributed by atoms with Crippen LogP contribution in [0.15, 0.2) is 24.4 Å². The molecule has 11 heteroatoms. The van der Waals surface area contributed by atoms with Crippen LogP contribution in [-0.4, -0.2) is 79.3 Å². The molecule has 5 rings (SSSR count). The number of carbonyl (C=O) groups excluding carboxylic acids is 4. The maximum Gasteiger partial charge on any atom is 0.276 e. The first-order valence-corrected chi connectivity index (χ1v) is 12.3. The Labute approximate surface area is 208 Å². The smallest absolute Gasteiger partial charge is 0.276 e. The van der Waals surface area contributed by atoms with E-state index < -0.39 is 11.9 Å². The Morgan fingerprint density at radius 2 is 2.06 bits per heavy atom. The number of nitrogens with zero attached hydrogens (tertiary/aromatic N) is 5. The van der Waals surface area contributed by atoms with Crippen LogP contribution in [0.2, 0.25) is 0 Å². The van der Waals surface area contributed by atoms with Crippen LogP contribution in [0.1, 0.15) is 72.9 Å². The summed E-state index contributed by atoms with van der Waals surface area (Å²) in [7, 11) is 0. The van der Waals surface area contributed by atoms with Gasteiger partial charge in [0.15, 0.2) is 5.69 Å². The van der Waals surface area contributed by atoms with Gasteiger partial charge in [-0.3, -0.25) is 24.5 Å². The number of amides is 4. The van der Waals surface area contributed by atoms with Gasteiger partial charge < -0.3 is 14.5 Å². The number of carbonyl (C=O) groups is 4. The van der Waals surface area contributed by atoms with Gasteiger partial charge in [-0.05, 0) is 63.8 Å². The summed E-state index contributed by atoms with van der Waals surface area (Å²) in [6.07, 6.45) is 3.65. The van der Waals surface area contributed by atoms with E-state index in [0.29, 0.717) is 30.8 Å². The summed E-state index contributed by atoms with van der Waals surface area (Å²) >= 11 is 0. The highest BCUT2D eigenvalue weighted by molar-refractivity contribution is 6.05. The molecule has 4 amide bonds. The quantitative estimate of drug-likeness (QED) is 0.624. The van der Waals surface area contributed by atoms with Crippen molar-refractivity contribution in [3.05, 3.63) is 41.2 Å². The molecule has 3 aliphatic rings. The summed E-state index contributed by atoms with van der Waals surface area (Å²) < 4.78 is 7.33. The van der Waals surface area contributed by atoms with Crippen molar-refractivity contribution >= 4 is 23.6 Å². The molecule has 0 radical (unpaired) electrons. The number of imide groups is 1. The van der Waals surface area contributed by atoms with Crippen molar-refractivity contribution in [2.24, 2.45) is 0 Å². The standard InChI is InChI=1S/C25H30N6O5/c1-4-29(17-9-10-36-25(2,3)12-17)24(35)19-14-31(28-27-19)16-5-6-18-15(11-16)13-30(23(18)34)20-7-8-21(32)26-22(20)33/h5-6,11,14,17,20H,4,7-10,12-13H2,1-3H3,(H,26,32,33). The van der Waals surface area contributed by atoms with E-state index in [0.717, 1.165) is 18.4 Å². The molecule has 1 aromatic heterocycles. The summed E-state index contributed by atoms with van der Waals surface area (Å²) in [5.41, 5.74) is 1.90. The van der Waals surface area contributed by atoms with Gasteiger partial charge in [-0.1, -0.05) is 5.21 Å². The number of hydrogen-bond acceptors (Lipinski definition) is 7. The van der Waals surface area contributed by atoms with E-state index in [2.05, 4.69) is 15.6 Å². The highest BCUT2D eigenvalue weighted by Crippen LogP contribution is 2.30. The van der Waals surface area contributed by atoms with Gasteiger partial charge in [-0.25, -0.2) is 4.68 Å². The molecule has 0 aliphatic carbocycles. The van der Waals surface area contributed by atoms with Gasteiger partial charge in [0.25, 0.3) is 11.8 Å². The lowest BCUT2D eigenvalue weighted by molar-refractivity contribution is -0.136. The lowest BCUT2D eigenvalue weighted by Crippen LogP contribution is -2.52. The van der Waals surface area contributed by atoms with Crippen molar-refractivity contribution in [2.45, 2.75) is 70.7 Å². The zero-order valence-electron chi connectivity index (χ0n) is 20.7. The third kappa shape index (κ3) is 4.39. The molecule has 0 bridgehead atoms. The minimum atomic E-state index is -0.670. The monoisotopic (exact) mass is 494 g/mol. The largest absolute Gasteiger partial charge is 0.375 e. The van der Waals surface area contributed by atoms with Crippen molar-refractivity contribution in [1.82, 2.24) is 30.1 Å². The van der Waals surface area contributed by atoms with Crippen LogP contribution in [0.4, 0.5) is 0 Å². The molecule has 2 atom stereocenters. The second-order valence-corrected chi connectivity index (χ2v) is 10.1. The van der Waals surface area contributed by atoms with Gasteiger partial charge in [0.1, 0.15) is 6.04 Å². The predicted molar refractivity (Wildman–Crippen MR) is 127 cm³/mol. The zero-order valence-corrected chi connectivity index (χ0v) is 20.7. The van der Waals surface area contributed by atoms with Crippen molar-refractivity contribution in [1.29, 1.82) is 0 Å². The SMILES string of the molecule is CCN(C(=O)c1cn(-c2ccc3c(c2)CN(C2CCC(=O)NC2=O)C3=O)nn1)C1CCOC(C)(C)C1. The lowest BCUT2D eigenvalue weighted by Gasteiger charge is -2.40. The van der Waals surface area contributed by atoms with Gasteiger partial charge in [0.05, 0.1) is 17.5 Å². The first-order chi connectivity index (χ1) is 17.2. The number of aromatic nitrogens is 3. The zero-order chi connectivity index (χ0) is 25.6. The fourth-order valence-electron chi connectivity index (χ4n) is 5.37. The van der Waals surface area contributed by atoms with Crippen LogP contribution < -0.4 is 5.32 Å². The number of hydrogen-bond donors (Lipinski definition) is 1. The maximum absolute atomic E-state index is 13.3. The Bertz CT molecular complexity index is 1240. The molecule has 4 heterocycles. The van der Waals surface area contributed by atoms with Crippen LogP contribution in [0.25, 0.3) is 5.69 Å². The molecule has 11 nitrogen and oxygen atoms in total. The second kappa shape index (κ2) is 9.12. The number of nitrogens with one attached hydrogen (secondary N) is 1. The molecule has 2 saturated heterocycles. The Hall–Kier alpha value is -3.60. The molecular weight excluding hydrogens is 464 g/mol. The Balaban J connectivity index is 1.33. The first kappa shape index (κ1) is 24.1. The van der Waals surface area contributed by atoms with Crippen LogP contribution in [0, 0.1) is 0 Å². The Morgan fingerprint density at radius 3 is 2.78 bits per heavy atom. The van der Waals surface area contributed by atoms with E-state index in [1.165, 1.54) is 9.58 Å². The molecule has 0 saturated carbocycles. The Morgan fingerprint density at radius 1 is 1.25 bits per heavy atom. The van der Waals surface area contributed by atoms with Crippen molar-refractivity contribution in [3.63, 3.8) is 0 Å². The molecule has 2 fully saturated rings. The number of benzene rings is 1. The van der Waals surface area contributed by atoms with Gasteiger partial charge in [0, 0.05) is 37.7 Å². The molecule has 1 aromatic carbocycles. The van der Waals surface area contributed by atoms with Gasteiger partial charge >= 0.3 is 0 Å². The molecule has 2 aromatic rings. The van der Waals surface area contributed by atoms with Crippen LogP contribution in [-0.2, 0) is 20.9 Å². The number of fused-ring (bicyclic) bond motifs is 1. The van der Waals surface area contributed by atoms with E-state index >= 15 is 0 Å². The normalized spacial score (nSPS) is 23.4. The highest BCUT2D eigenvalue weighted by atomic mass is 16.5. The van der Waals surface area contributed by atoms with E-state index in [1.807, 2.05) is 31.7 Å². The van der Waals surface area contributed by atoms with Crippen molar-refractivity contribution in [2.75, 3.05) is 13.2 Å². The predicted octanol–water partition coefficient (Wildman–Crippen LogP) is 1.45. The molecular formula is C25H30N6O5. The molecule has 36 heavy (non-hydrogen) atoms. The molecule has 3 aliphatic heterocycles. The summed E-state index contributed by atoms with van der Waals surface area (Å²) in [6, 6.07) is 4.66. The van der Waals surface area contributed by atoms with Crippen molar-refractivity contribution < 1.29 is 23.9 Å². The summed E-state index contributed by atoms with van der Waals surface area (Å²) in [5.74, 6) is -1.17. The molecule has 1 N–H and O–H groups in total. The van der Waals surface area contributed by atoms with E-state index in [9.17, 15) is 19.2 Å². The fourth-order valence-corrected chi connectivity index (χ4v) is 5.37. The van der Waals surface area contributed by atoms with E-state index in [-0.39, 0.29) is 48.0 Å². The van der Waals surface area contributed by atoms with E-state index in [1.54, 1.807) is 18.3 Å². The summed E-state index contributed by atoms with van der Waals surface area (Å²) in [5, 5.41) is 10.6. The average molecular weight is 495 g/mol. The number of rotatable bonds is 5.